The van der Waals surface area contributed by atoms with Crippen molar-refractivity contribution < 1.29 is 14.7 Å². The number of rotatable bonds is 9. The van der Waals surface area contributed by atoms with Crippen LogP contribution in [0.25, 0.3) is 11.0 Å². The van der Waals surface area contributed by atoms with Crippen molar-refractivity contribution in [1.29, 1.82) is 0 Å². The molecule has 0 spiro atoms. The van der Waals surface area contributed by atoms with Gasteiger partial charge in [-0.05, 0) is 37.5 Å². The molecule has 0 aliphatic carbocycles. The summed E-state index contributed by atoms with van der Waals surface area (Å²) in [6.45, 7) is 2.30. The van der Waals surface area contributed by atoms with Crippen molar-refractivity contribution in [3.63, 3.8) is 0 Å². The van der Waals surface area contributed by atoms with Crippen molar-refractivity contribution in [1.82, 2.24) is 14.5 Å². The number of nitrogens with zero attached hydrogens (tertiary/aromatic N) is 2. The molecule has 0 bridgehead atoms. The second-order valence-electron chi connectivity index (χ2n) is 6.99. The lowest BCUT2D eigenvalue weighted by Gasteiger charge is -2.18. The molecule has 1 unspecified atom stereocenters. The number of amides is 1. The highest BCUT2D eigenvalue weighted by atomic mass is 16.4. The number of carbonyl (C=O) groups excluding carboxylic acids is 1. The number of aromatic nitrogens is 2. The van der Waals surface area contributed by atoms with Crippen LogP contribution in [0.1, 0.15) is 25.3 Å². The average Bonchev–Trinajstić information content (AvgIpc) is 2.98. The van der Waals surface area contributed by atoms with Crippen LogP contribution in [0.3, 0.4) is 0 Å². The first-order valence-corrected chi connectivity index (χ1v) is 9.72. The van der Waals surface area contributed by atoms with E-state index in [0.29, 0.717) is 24.9 Å². The van der Waals surface area contributed by atoms with E-state index in [2.05, 4.69) is 5.32 Å². The Kier molecular flexibility index (Phi) is 6.49. The van der Waals surface area contributed by atoms with Crippen LogP contribution in [0.15, 0.2) is 59.4 Å². The van der Waals surface area contributed by atoms with Crippen LogP contribution in [0.4, 0.5) is 0 Å². The van der Waals surface area contributed by atoms with E-state index < -0.39 is 5.97 Å². The molecule has 1 atom stereocenters. The molecule has 152 valence electrons. The molecule has 0 saturated carbocycles. The van der Waals surface area contributed by atoms with Crippen LogP contribution >= 0.6 is 0 Å². The minimum absolute atomic E-state index is 0.0349. The lowest BCUT2D eigenvalue weighted by Crippen LogP contribution is -2.40. The number of carboxylic acid groups (broad SMARTS) is 1. The standard InChI is InChI=1S/C22H25N3O4/c1-2-24-18-10-6-7-11-19(18)25(22(24)29)15-20(26)23-17(12-13-21(27)28)14-16-8-4-3-5-9-16/h3-11,17H,2,12-15H2,1H3,(H,23,26)(H,27,28). The Morgan fingerprint density at radius 2 is 1.62 bits per heavy atom. The largest absolute Gasteiger partial charge is 0.481 e. The van der Waals surface area contributed by atoms with Gasteiger partial charge in [-0.1, -0.05) is 42.5 Å². The number of aliphatic carboxylic acids is 1. The summed E-state index contributed by atoms with van der Waals surface area (Å²) >= 11 is 0. The molecule has 0 fully saturated rings. The van der Waals surface area contributed by atoms with Gasteiger partial charge in [0, 0.05) is 19.0 Å². The third-order valence-corrected chi connectivity index (χ3v) is 4.94. The molecule has 2 aromatic carbocycles. The van der Waals surface area contributed by atoms with E-state index in [9.17, 15) is 14.4 Å². The minimum atomic E-state index is -0.903. The maximum absolute atomic E-state index is 12.7. The highest BCUT2D eigenvalue weighted by Crippen LogP contribution is 2.13. The summed E-state index contributed by atoms with van der Waals surface area (Å²) in [6, 6.07) is 16.7. The molecular formula is C22H25N3O4. The van der Waals surface area contributed by atoms with Crippen molar-refractivity contribution in [2.24, 2.45) is 0 Å². The van der Waals surface area contributed by atoms with Gasteiger partial charge in [0.2, 0.25) is 5.91 Å². The summed E-state index contributed by atoms with van der Waals surface area (Å²) in [4.78, 5) is 36.4. The third-order valence-electron chi connectivity index (χ3n) is 4.94. The zero-order valence-electron chi connectivity index (χ0n) is 16.4. The molecule has 1 aromatic heterocycles. The molecule has 0 aliphatic heterocycles. The van der Waals surface area contributed by atoms with E-state index in [1.807, 2.05) is 61.5 Å². The molecule has 7 nitrogen and oxygen atoms in total. The van der Waals surface area contributed by atoms with Gasteiger partial charge in [0.15, 0.2) is 0 Å². The maximum Gasteiger partial charge on any atom is 0.329 e. The smallest absolute Gasteiger partial charge is 0.329 e. The lowest BCUT2D eigenvalue weighted by molar-refractivity contribution is -0.137. The monoisotopic (exact) mass is 395 g/mol. The van der Waals surface area contributed by atoms with Gasteiger partial charge in [-0.25, -0.2) is 4.79 Å². The topological polar surface area (TPSA) is 93.3 Å². The molecule has 29 heavy (non-hydrogen) atoms. The van der Waals surface area contributed by atoms with Gasteiger partial charge < -0.3 is 10.4 Å². The Bertz CT molecular complexity index is 1050. The predicted octanol–water partition coefficient (Wildman–Crippen LogP) is 2.42. The number of benzene rings is 2. The van der Waals surface area contributed by atoms with Crippen molar-refractivity contribution >= 4 is 22.9 Å². The third kappa shape index (κ3) is 4.93. The van der Waals surface area contributed by atoms with E-state index in [1.165, 1.54) is 4.57 Å². The van der Waals surface area contributed by atoms with Gasteiger partial charge in [-0.2, -0.15) is 0 Å². The summed E-state index contributed by atoms with van der Waals surface area (Å²) in [5, 5.41) is 11.9. The summed E-state index contributed by atoms with van der Waals surface area (Å²) < 4.78 is 3.10. The van der Waals surface area contributed by atoms with Gasteiger partial charge in [-0.3, -0.25) is 18.7 Å². The van der Waals surface area contributed by atoms with Crippen LogP contribution < -0.4 is 11.0 Å². The second kappa shape index (κ2) is 9.23. The fourth-order valence-electron chi connectivity index (χ4n) is 3.57. The number of aryl methyl sites for hydroxylation is 1. The number of nitrogens with one attached hydrogen (secondary N) is 1. The van der Waals surface area contributed by atoms with Gasteiger partial charge in [0.1, 0.15) is 6.54 Å². The van der Waals surface area contributed by atoms with E-state index in [-0.39, 0.29) is 30.6 Å². The number of imidazole rings is 1. The molecule has 1 heterocycles. The number of hydrogen-bond acceptors (Lipinski definition) is 3. The maximum atomic E-state index is 12.7. The quantitative estimate of drug-likeness (QED) is 0.582. The molecule has 0 saturated heterocycles. The van der Waals surface area contributed by atoms with Crippen molar-refractivity contribution in [2.75, 3.05) is 0 Å². The Morgan fingerprint density at radius 3 is 2.24 bits per heavy atom. The summed E-state index contributed by atoms with van der Waals surface area (Å²) in [7, 11) is 0. The molecular weight excluding hydrogens is 370 g/mol. The van der Waals surface area contributed by atoms with Gasteiger partial charge in [0.25, 0.3) is 0 Å². The second-order valence-corrected chi connectivity index (χ2v) is 6.99. The molecule has 0 radical (unpaired) electrons. The molecule has 3 aromatic rings. The average molecular weight is 395 g/mol. The SMILES string of the molecule is CCn1c(=O)n(CC(=O)NC(CCC(=O)O)Cc2ccccc2)c2ccccc21. The molecule has 1 amide bonds. The summed E-state index contributed by atoms with van der Waals surface area (Å²) in [5.74, 6) is -1.21. The van der Waals surface area contributed by atoms with Crippen molar-refractivity contribution in [2.45, 2.75) is 45.3 Å². The van der Waals surface area contributed by atoms with E-state index in [0.717, 1.165) is 11.1 Å². The van der Waals surface area contributed by atoms with Crippen LogP contribution in [-0.4, -0.2) is 32.2 Å². The minimum Gasteiger partial charge on any atom is -0.481 e. The summed E-state index contributed by atoms with van der Waals surface area (Å²) in [6.07, 6.45) is 0.819. The summed E-state index contributed by atoms with van der Waals surface area (Å²) in [5.41, 5.74) is 2.29. The number of carbonyl (C=O) groups is 2. The van der Waals surface area contributed by atoms with Crippen LogP contribution in [0.5, 0.6) is 0 Å². The number of carboxylic acids is 1. The number of hydrogen-bond donors (Lipinski definition) is 2. The van der Waals surface area contributed by atoms with Crippen molar-refractivity contribution in [3.05, 3.63) is 70.6 Å². The molecule has 2 N–H and O–H groups in total. The zero-order valence-corrected chi connectivity index (χ0v) is 16.4. The lowest BCUT2D eigenvalue weighted by atomic mass is 10.0. The first kappa shape index (κ1) is 20.4. The van der Waals surface area contributed by atoms with Crippen LogP contribution in [-0.2, 0) is 29.1 Å². The van der Waals surface area contributed by atoms with Crippen LogP contribution in [0.2, 0.25) is 0 Å². The Morgan fingerprint density at radius 1 is 1.00 bits per heavy atom. The van der Waals surface area contributed by atoms with Gasteiger partial charge in [0.05, 0.1) is 11.0 Å². The zero-order chi connectivity index (χ0) is 20.8. The highest BCUT2D eigenvalue weighted by molar-refractivity contribution is 5.81. The predicted molar refractivity (Wildman–Crippen MR) is 111 cm³/mol. The highest BCUT2D eigenvalue weighted by Gasteiger charge is 2.18. The van der Waals surface area contributed by atoms with Crippen molar-refractivity contribution in [3.8, 4) is 0 Å². The van der Waals surface area contributed by atoms with E-state index >= 15 is 0 Å². The van der Waals surface area contributed by atoms with E-state index in [1.54, 1.807) is 4.57 Å². The van der Waals surface area contributed by atoms with Gasteiger partial charge in [-0.15, -0.1) is 0 Å². The first-order valence-electron chi connectivity index (χ1n) is 9.72. The fraction of sp³-hybridized carbons (Fsp3) is 0.318. The number of para-hydroxylation sites is 2. The van der Waals surface area contributed by atoms with Gasteiger partial charge >= 0.3 is 11.7 Å². The molecule has 7 heteroatoms. The van der Waals surface area contributed by atoms with Crippen LogP contribution in [0, 0.1) is 0 Å². The molecule has 0 aliphatic rings. The normalized spacial score (nSPS) is 12.0. The fourth-order valence-corrected chi connectivity index (χ4v) is 3.57. The molecule has 3 rings (SSSR count). The number of fused-ring (bicyclic) bond motifs is 1. The Balaban J connectivity index is 1.78. The van der Waals surface area contributed by atoms with E-state index in [4.69, 9.17) is 5.11 Å². The first-order chi connectivity index (χ1) is 14.0. The Hall–Kier alpha value is -3.35. The Labute approximate surface area is 168 Å².